The summed E-state index contributed by atoms with van der Waals surface area (Å²) in [5.41, 5.74) is 1.68. The van der Waals surface area contributed by atoms with E-state index in [1.807, 2.05) is 18.2 Å². The number of ether oxygens (including phenoxy) is 2. The zero-order chi connectivity index (χ0) is 13.8. The molecule has 0 spiro atoms. The second-order valence-corrected chi connectivity index (χ2v) is 4.12. The fraction of sp³-hybridized carbons (Fsp3) is 0.286. The van der Waals surface area contributed by atoms with Crippen molar-refractivity contribution in [1.29, 1.82) is 5.26 Å². The number of methoxy groups -OCH3 is 2. The van der Waals surface area contributed by atoms with Crippen LogP contribution in [0.2, 0.25) is 0 Å². The SMILES string of the molecule is COC(=O)CC(C#N)c1c[nH]c2ccc(OC)cc12. The van der Waals surface area contributed by atoms with Gasteiger partial charge in [-0.3, -0.25) is 4.79 Å². The zero-order valence-corrected chi connectivity index (χ0v) is 10.8. The van der Waals surface area contributed by atoms with Crippen molar-refractivity contribution in [3.05, 3.63) is 30.0 Å². The standard InChI is InChI=1S/C14H14N2O3/c1-18-10-3-4-13-11(6-10)12(8-16-13)9(7-15)5-14(17)19-2/h3-4,6,8-9,16H,5H2,1-2H3. The molecule has 1 atom stereocenters. The number of aromatic nitrogens is 1. The number of carbonyl (C=O) groups is 1. The molecule has 5 nitrogen and oxygen atoms in total. The van der Waals surface area contributed by atoms with Crippen molar-refractivity contribution in [1.82, 2.24) is 4.98 Å². The molecule has 0 radical (unpaired) electrons. The summed E-state index contributed by atoms with van der Waals surface area (Å²) >= 11 is 0. The predicted octanol–water partition coefficient (Wildman–Crippen LogP) is 2.35. The summed E-state index contributed by atoms with van der Waals surface area (Å²) in [5, 5.41) is 10.1. The third-order valence-corrected chi connectivity index (χ3v) is 3.05. The molecule has 1 heterocycles. The van der Waals surface area contributed by atoms with Gasteiger partial charge in [0.2, 0.25) is 0 Å². The Morgan fingerprint density at radius 3 is 2.89 bits per heavy atom. The molecular formula is C14H14N2O3. The summed E-state index contributed by atoms with van der Waals surface area (Å²) in [4.78, 5) is 14.4. The van der Waals surface area contributed by atoms with Gasteiger partial charge in [0.1, 0.15) is 5.75 Å². The van der Waals surface area contributed by atoms with E-state index in [9.17, 15) is 10.1 Å². The van der Waals surface area contributed by atoms with Gasteiger partial charge in [-0.25, -0.2) is 0 Å². The van der Waals surface area contributed by atoms with Gasteiger partial charge in [-0.2, -0.15) is 5.26 Å². The highest BCUT2D eigenvalue weighted by atomic mass is 16.5. The molecular weight excluding hydrogens is 244 g/mol. The molecule has 5 heteroatoms. The molecule has 0 bridgehead atoms. The van der Waals surface area contributed by atoms with Gasteiger partial charge >= 0.3 is 5.97 Å². The molecule has 1 N–H and O–H groups in total. The summed E-state index contributed by atoms with van der Waals surface area (Å²) in [6, 6.07) is 7.70. The number of nitrogens with one attached hydrogen (secondary N) is 1. The van der Waals surface area contributed by atoms with Crippen LogP contribution >= 0.6 is 0 Å². The molecule has 98 valence electrons. The highest BCUT2D eigenvalue weighted by Gasteiger charge is 2.19. The topological polar surface area (TPSA) is 75.1 Å². The van der Waals surface area contributed by atoms with Crippen LogP contribution in [-0.4, -0.2) is 25.2 Å². The molecule has 1 aromatic carbocycles. The molecule has 0 aliphatic carbocycles. The number of nitriles is 1. The number of rotatable bonds is 4. The molecule has 0 saturated heterocycles. The van der Waals surface area contributed by atoms with Crippen LogP contribution in [0.1, 0.15) is 17.9 Å². The van der Waals surface area contributed by atoms with Gasteiger partial charge in [0.25, 0.3) is 0 Å². The van der Waals surface area contributed by atoms with E-state index in [-0.39, 0.29) is 6.42 Å². The van der Waals surface area contributed by atoms with Gasteiger partial charge in [-0.15, -0.1) is 0 Å². The minimum atomic E-state index is -0.534. The third kappa shape index (κ3) is 2.52. The zero-order valence-electron chi connectivity index (χ0n) is 10.8. The predicted molar refractivity (Wildman–Crippen MR) is 69.8 cm³/mol. The number of hydrogen-bond acceptors (Lipinski definition) is 4. The lowest BCUT2D eigenvalue weighted by Gasteiger charge is -2.07. The van der Waals surface area contributed by atoms with E-state index >= 15 is 0 Å². The Bertz CT molecular complexity index is 640. The smallest absolute Gasteiger partial charge is 0.307 e. The van der Waals surface area contributed by atoms with Crippen molar-refractivity contribution in [2.45, 2.75) is 12.3 Å². The lowest BCUT2D eigenvalue weighted by molar-refractivity contribution is -0.140. The number of aromatic amines is 1. The first-order valence-electron chi connectivity index (χ1n) is 5.81. The summed E-state index contributed by atoms with van der Waals surface area (Å²) < 4.78 is 9.79. The monoisotopic (exact) mass is 258 g/mol. The molecule has 0 aliphatic rings. The maximum atomic E-state index is 11.3. The van der Waals surface area contributed by atoms with Crippen LogP contribution in [0.5, 0.6) is 5.75 Å². The van der Waals surface area contributed by atoms with Crippen LogP contribution in [0, 0.1) is 11.3 Å². The van der Waals surface area contributed by atoms with Gasteiger partial charge in [0, 0.05) is 17.1 Å². The number of hydrogen-bond donors (Lipinski definition) is 1. The fourth-order valence-electron chi connectivity index (χ4n) is 2.01. The van der Waals surface area contributed by atoms with Crippen molar-refractivity contribution in [3.63, 3.8) is 0 Å². The van der Waals surface area contributed by atoms with E-state index in [0.717, 1.165) is 16.5 Å². The Hall–Kier alpha value is -2.48. The highest BCUT2D eigenvalue weighted by Crippen LogP contribution is 2.30. The lowest BCUT2D eigenvalue weighted by atomic mass is 9.97. The van der Waals surface area contributed by atoms with Crippen molar-refractivity contribution in [2.75, 3.05) is 14.2 Å². The first-order valence-corrected chi connectivity index (χ1v) is 5.81. The Morgan fingerprint density at radius 2 is 2.26 bits per heavy atom. The average molecular weight is 258 g/mol. The Morgan fingerprint density at radius 1 is 1.47 bits per heavy atom. The summed E-state index contributed by atoms with van der Waals surface area (Å²) in [6.45, 7) is 0. The van der Waals surface area contributed by atoms with Gasteiger partial charge in [-0.05, 0) is 23.8 Å². The first kappa shape index (κ1) is 13.0. The van der Waals surface area contributed by atoms with E-state index < -0.39 is 11.9 Å². The minimum Gasteiger partial charge on any atom is -0.497 e. The fourth-order valence-corrected chi connectivity index (χ4v) is 2.01. The van der Waals surface area contributed by atoms with Gasteiger partial charge < -0.3 is 14.5 Å². The normalized spacial score (nSPS) is 11.8. The number of H-pyrrole nitrogens is 1. The Balaban J connectivity index is 2.43. The van der Waals surface area contributed by atoms with Gasteiger partial charge in [-0.1, -0.05) is 0 Å². The van der Waals surface area contributed by atoms with Crippen molar-refractivity contribution in [2.24, 2.45) is 0 Å². The average Bonchev–Trinajstić information content (AvgIpc) is 2.87. The Labute approximate surface area is 110 Å². The first-order chi connectivity index (χ1) is 9.19. The van der Waals surface area contributed by atoms with E-state index in [2.05, 4.69) is 15.8 Å². The number of esters is 1. The van der Waals surface area contributed by atoms with Crippen LogP contribution in [0.25, 0.3) is 10.9 Å². The molecule has 0 aliphatic heterocycles. The molecule has 0 fully saturated rings. The summed E-state index contributed by atoms with van der Waals surface area (Å²) in [7, 11) is 2.90. The second-order valence-electron chi connectivity index (χ2n) is 4.12. The van der Waals surface area contributed by atoms with E-state index in [4.69, 9.17) is 4.74 Å². The Kier molecular flexibility index (Phi) is 3.71. The van der Waals surface area contributed by atoms with Crippen molar-refractivity contribution < 1.29 is 14.3 Å². The van der Waals surface area contributed by atoms with Crippen LogP contribution in [0.4, 0.5) is 0 Å². The van der Waals surface area contributed by atoms with E-state index in [0.29, 0.717) is 5.75 Å². The van der Waals surface area contributed by atoms with Gasteiger partial charge in [0.15, 0.2) is 0 Å². The molecule has 2 aromatic rings. The van der Waals surface area contributed by atoms with Crippen LogP contribution in [0.15, 0.2) is 24.4 Å². The number of carbonyl (C=O) groups excluding carboxylic acids is 1. The third-order valence-electron chi connectivity index (χ3n) is 3.05. The maximum absolute atomic E-state index is 11.3. The van der Waals surface area contributed by atoms with Crippen molar-refractivity contribution in [3.8, 4) is 11.8 Å². The lowest BCUT2D eigenvalue weighted by Crippen LogP contribution is -2.06. The molecule has 1 unspecified atom stereocenters. The quantitative estimate of drug-likeness (QED) is 0.854. The second kappa shape index (κ2) is 5.44. The molecule has 1 aromatic heterocycles. The molecule has 19 heavy (non-hydrogen) atoms. The summed E-state index contributed by atoms with van der Waals surface area (Å²) in [6.07, 6.45) is 1.79. The van der Waals surface area contributed by atoms with E-state index in [1.165, 1.54) is 7.11 Å². The van der Waals surface area contributed by atoms with Crippen LogP contribution in [0.3, 0.4) is 0 Å². The van der Waals surface area contributed by atoms with Gasteiger partial charge in [0.05, 0.1) is 32.6 Å². The maximum Gasteiger partial charge on any atom is 0.307 e. The van der Waals surface area contributed by atoms with Crippen LogP contribution in [-0.2, 0) is 9.53 Å². The number of fused-ring (bicyclic) bond motifs is 1. The number of nitrogens with zero attached hydrogens (tertiary/aromatic N) is 1. The molecule has 0 saturated carbocycles. The number of benzene rings is 1. The van der Waals surface area contributed by atoms with Crippen molar-refractivity contribution >= 4 is 16.9 Å². The minimum absolute atomic E-state index is 0.0389. The van der Waals surface area contributed by atoms with Crippen LogP contribution < -0.4 is 4.74 Å². The summed E-state index contributed by atoms with van der Waals surface area (Å²) in [5.74, 6) is -0.222. The largest absolute Gasteiger partial charge is 0.497 e. The van der Waals surface area contributed by atoms with E-state index in [1.54, 1.807) is 13.3 Å². The highest BCUT2D eigenvalue weighted by molar-refractivity contribution is 5.86. The molecule has 2 rings (SSSR count). The molecule has 0 amide bonds.